The van der Waals surface area contributed by atoms with Gasteiger partial charge in [-0.25, -0.2) is 9.59 Å². The fraction of sp³-hybridized carbons (Fsp3) is 0.360. The van der Waals surface area contributed by atoms with Crippen LogP contribution < -0.4 is 5.32 Å². The van der Waals surface area contributed by atoms with Crippen LogP contribution in [0.15, 0.2) is 60.7 Å². The number of hydrogen-bond donors (Lipinski definition) is 2. The highest BCUT2D eigenvalue weighted by Crippen LogP contribution is 2.44. The molecular weight excluding hydrogens is 378 g/mol. The molecule has 158 valence electrons. The van der Waals surface area contributed by atoms with Gasteiger partial charge in [-0.3, -0.25) is 0 Å². The number of unbranched alkanes of at least 4 members (excludes halogenated alkanes) is 3. The van der Waals surface area contributed by atoms with E-state index in [9.17, 15) is 14.7 Å². The van der Waals surface area contributed by atoms with E-state index in [1.807, 2.05) is 48.6 Å². The van der Waals surface area contributed by atoms with E-state index in [1.165, 1.54) is 0 Å². The molecule has 30 heavy (non-hydrogen) atoms. The van der Waals surface area contributed by atoms with E-state index >= 15 is 0 Å². The Labute approximate surface area is 177 Å². The summed E-state index contributed by atoms with van der Waals surface area (Å²) in [5, 5.41) is 11.9. The summed E-state index contributed by atoms with van der Waals surface area (Å²) in [6, 6.07) is 15.2. The van der Waals surface area contributed by atoms with E-state index in [0.717, 1.165) is 47.9 Å². The molecule has 5 nitrogen and oxygen atoms in total. The molecule has 0 aliphatic heterocycles. The minimum Gasteiger partial charge on any atom is -0.480 e. The first-order chi connectivity index (χ1) is 14.6. The number of carbonyl (C=O) groups is 2. The molecule has 0 heterocycles. The van der Waals surface area contributed by atoms with Gasteiger partial charge in [0.25, 0.3) is 0 Å². The zero-order valence-electron chi connectivity index (χ0n) is 17.3. The molecule has 2 N–H and O–H groups in total. The van der Waals surface area contributed by atoms with Crippen molar-refractivity contribution >= 4 is 12.1 Å². The van der Waals surface area contributed by atoms with Crippen molar-refractivity contribution in [1.82, 2.24) is 5.32 Å². The summed E-state index contributed by atoms with van der Waals surface area (Å²) in [5.74, 6) is -1.12. The van der Waals surface area contributed by atoms with Crippen molar-refractivity contribution in [3.63, 3.8) is 0 Å². The number of hydrogen-bond acceptors (Lipinski definition) is 3. The lowest BCUT2D eigenvalue weighted by Crippen LogP contribution is -2.41. The van der Waals surface area contributed by atoms with Gasteiger partial charge in [0.15, 0.2) is 0 Å². The van der Waals surface area contributed by atoms with E-state index in [-0.39, 0.29) is 18.9 Å². The number of carboxylic acids is 1. The summed E-state index contributed by atoms with van der Waals surface area (Å²) >= 11 is 0. The van der Waals surface area contributed by atoms with Crippen molar-refractivity contribution in [2.45, 2.75) is 51.0 Å². The number of amides is 1. The number of alkyl carbamates (subject to hydrolysis) is 1. The number of fused-ring (bicyclic) bond motifs is 3. The third-order valence-corrected chi connectivity index (χ3v) is 5.45. The molecule has 1 amide bonds. The molecule has 1 atom stereocenters. The molecule has 0 fully saturated rings. The van der Waals surface area contributed by atoms with Gasteiger partial charge in [-0.2, -0.15) is 0 Å². The lowest BCUT2D eigenvalue weighted by molar-refractivity contribution is -0.139. The van der Waals surface area contributed by atoms with Crippen molar-refractivity contribution in [1.29, 1.82) is 0 Å². The van der Waals surface area contributed by atoms with Crippen LogP contribution in [0.25, 0.3) is 11.1 Å². The second-order valence-corrected chi connectivity index (χ2v) is 7.56. The van der Waals surface area contributed by atoms with Gasteiger partial charge in [0.2, 0.25) is 0 Å². The van der Waals surface area contributed by atoms with Crippen LogP contribution >= 0.6 is 0 Å². The van der Waals surface area contributed by atoms with Crippen molar-refractivity contribution in [3.8, 4) is 11.1 Å². The van der Waals surface area contributed by atoms with E-state index in [1.54, 1.807) is 0 Å². The Morgan fingerprint density at radius 3 is 2.27 bits per heavy atom. The third kappa shape index (κ3) is 5.29. The lowest BCUT2D eigenvalue weighted by atomic mass is 9.98. The van der Waals surface area contributed by atoms with Crippen LogP contribution in [0.1, 0.15) is 56.1 Å². The minimum absolute atomic E-state index is 0.0510. The number of carboxylic acid groups (broad SMARTS) is 1. The number of rotatable bonds is 10. The molecule has 0 radical (unpaired) electrons. The van der Waals surface area contributed by atoms with Crippen LogP contribution in [0.2, 0.25) is 0 Å². The number of carbonyl (C=O) groups excluding carboxylic acids is 1. The molecule has 0 unspecified atom stereocenters. The summed E-state index contributed by atoms with van der Waals surface area (Å²) < 4.78 is 5.44. The monoisotopic (exact) mass is 407 g/mol. The predicted molar refractivity (Wildman–Crippen MR) is 118 cm³/mol. The molecule has 2 aromatic rings. The first-order valence-electron chi connectivity index (χ1n) is 10.6. The normalized spacial score (nSPS) is 13.6. The quantitative estimate of drug-likeness (QED) is 0.402. The summed E-state index contributed by atoms with van der Waals surface area (Å²) in [5.41, 5.74) is 4.55. The fourth-order valence-electron chi connectivity index (χ4n) is 3.87. The van der Waals surface area contributed by atoms with Gasteiger partial charge in [0.1, 0.15) is 12.6 Å². The van der Waals surface area contributed by atoms with Gasteiger partial charge in [-0.1, -0.05) is 80.4 Å². The van der Waals surface area contributed by atoms with Crippen LogP contribution in [-0.4, -0.2) is 29.8 Å². The Hall–Kier alpha value is -3.08. The first kappa shape index (κ1) is 21.6. The van der Waals surface area contributed by atoms with Gasteiger partial charge in [-0.05, 0) is 41.5 Å². The predicted octanol–water partition coefficient (Wildman–Crippen LogP) is 5.50. The van der Waals surface area contributed by atoms with Gasteiger partial charge in [0, 0.05) is 5.92 Å². The highest BCUT2D eigenvalue weighted by molar-refractivity contribution is 5.81. The van der Waals surface area contributed by atoms with Crippen molar-refractivity contribution in [2.75, 3.05) is 6.61 Å². The molecular formula is C25H29NO4. The Morgan fingerprint density at radius 1 is 1.03 bits per heavy atom. The van der Waals surface area contributed by atoms with Crippen molar-refractivity contribution in [2.24, 2.45) is 0 Å². The molecule has 5 heteroatoms. The Balaban J connectivity index is 1.56. The van der Waals surface area contributed by atoms with E-state index in [4.69, 9.17) is 4.74 Å². The maximum Gasteiger partial charge on any atom is 0.407 e. The first-order valence-corrected chi connectivity index (χ1v) is 10.6. The molecule has 3 rings (SSSR count). The minimum atomic E-state index is -1.07. The van der Waals surface area contributed by atoms with Gasteiger partial charge < -0.3 is 15.2 Å². The second kappa shape index (κ2) is 10.6. The molecule has 0 saturated heterocycles. The number of nitrogens with one attached hydrogen (secondary N) is 1. The molecule has 2 aromatic carbocycles. The van der Waals surface area contributed by atoms with Gasteiger partial charge in [-0.15, -0.1) is 0 Å². The van der Waals surface area contributed by atoms with E-state index in [2.05, 4.69) is 24.4 Å². The molecule has 0 bridgehead atoms. The second-order valence-electron chi connectivity index (χ2n) is 7.56. The SMILES string of the molecule is CCCCCC=CC[C@H](NC(=O)OCC1c2ccccc2-c2ccccc21)C(=O)O. The summed E-state index contributed by atoms with van der Waals surface area (Å²) in [7, 11) is 0. The van der Waals surface area contributed by atoms with Crippen LogP contribution in [0.3, 0.4) is 0 Å². The highest BCUT2D eigenvalue weighted by atomic mass is 16.5. The summed E-state index contributed by atoms with van der Waals surface area (Å²) in [4.78, 5) is 23.8. The molecule has 0 saturated carbocycles. The molecule has 0 spiro atoms. The summed E-state index contributed by atoms with van der Waals surface area (Å²) in [6.45, 7) is 2.31. The Bertz CT molecular complexity index is 860. The van der Waals surface area contributed by atoms with Crippen LogP contribution in [0.5, 0.6) is 0 Å². The highest BCUT2D eigenvalue weighted by Gasteiger charge is 2.29. The zero-order chi connectivity index (χ0) is 21.3. The third-order valence-electron chi connectivity index (χ3n) is 5.45. The molecule has 1 aliphatic rings. The van der Waals surface area contributed by atoms with Gasteiger partial charge in [0.05, 0.1) is 0 Å². The number of aliphatic carboxylic acids is 1. The summed E-state index contributed by atoms with van der Waals surface area (Å²) in [6.07, 6.45) is 7.65. The molecule has 1 aliphatic carbocycles. The average molecular weight is 408 g/mol. The van der Waals surface area contributed by atoms with Crippen LogP contribution in [0, 0.1) is 0 Å². The number of allylic oxidation sites excluding steroid dienone is 1. The smallest absolute Gasteiger partial charge is 0.407 e. The Kier molecular flexibility index (Phi) is 7.66. The zero-order valence-corrected chi connectivity index (χ0v) is 17.3. The van der Waals surface area contributed by atoms with Crippen LogP contribution in [-0.2, 0) is 9.53 Å². The topological polar surface area (TPSA) is 75.6 Å². The van der Waals surface area contributed by atoms with Gasteiger partial charge >= 0.3 is 12.1 Å². The molecule has 0 aromatic heterocycles. The lowest BCUT2D eigenvalue weighted by Gasteiger charge is -2.16. The number of benzene rings is 2. The van der Waals surface area contributed by atoms with E-state index in [0.29, 0.717) is 0 Å². The fourth-order valence-corrected chi connectivity index (χ4v) is 3.87. The Morgan fingerprint density at radius 2 is 1.67 bits per heavy atom. The maximum absolute atomic E-state index is 12.3. The standard InChI is InChI=1S/C25H29NO4/c1-2-3-4-5-6-7-16-23(24(27)28)26-25(29)30-17-22-20-14-10-8-12-18(20)19-13-9-11-15-21(19)22/h6-15,22-23H,2-5,16-17H2,1H3,(H,26,29)(H,27,28)/t23-/m0/s1. The largest absolute Gasteiger partial charge is 0.480 e. The number of ether oxygens (including phenoxy) is 1. The maximum atomic E-state index is 12.3. The van der Waals surface area contributed by atoms with E-state index < -0.39 is 18.1 Å². The van der Waals surface area contributed by atoms with Crippen LogP contribution in [0.4, 0.5) is 4.79 Å². The average Bonchev–Trinajstić information content (AvgIpc) is 3.07. The van der Waals surface area contributed by atoms with Crippen molar-refractivity contribution < 1.29 is 19.4 Å². The van der Waals surface area contributed by atoms with Crippen molar-refractivity contribution in [3.05, 3.63) is 71.8 Å².